The summed E-state index contributed by atoms with van der Waals surface area (Å²) in [6, 6.07) is 15.7. The van der Waals surface area contributed by atoms with Crippen LogP contribution in [0.1, 0.15) is 32.1 Å². The SMILES string of the molecule is COC(=O)c1ccccc1NC(=O)C(=O)c1c(C)nn(-c2ccccc2)c1C. The Hall–Kier alpha value is -3.74. The molecule has 0 spiro atoms. The number of aryl methyl sites for hydroxylation is 1. The van der Waals surface area contributed by atoms with Gasteiger partial charge in [0.2, 0.25) is 0 Å². The Kier molecular flexibility index (Phi) is 5.35. The number of carbonyl (C=O) groups is 3. The molecule has 0 radical (unpaired) electrons. The van der Waals surface area contributed by atoms with E-state index in [0.29, 0.717) is 11.4 Å². The quantitative estimate of drug-likeness (QED) is 0.419. The zero-order valence-electron chi connectivity index (χ0n) is 15.7. The first-order chi connectivity index (χ1) is 13.4. The molecule has 28 heavy (non-hydrogen) atoms. The lowest BCUT2D eigenvalue weighted by molar-refractivity contribution is -0.112. The van der Waals surface area contributed by atoms with E-state index >= 15 is 0 Å². The monoisotopic (exact) mass is 377 g/mol. The van der Waals surface area contributed by atoms with Gasteiger partial charge in [0.25, 0.3) is 11.7 Å². The zero-order chi connectivity index (χ0) is 20.3. The minimum Gasteiger partial charge on any atom is -0.465 e. The van der Waals surface area contributed by atoms with Gasteiger partial charge in [0.1, 0.15) is 0 Å². The number of ketones is 1. The maximum atomic E-state index is 12.8. The summed E-state index contributed by atoms with van der Waals surface area (Å²) in [5.74, 6) is -2.18. The number of hydrogen-bond donors (Lipinski definition) is 1. The van der Waals surface area contributed by atoms with Crippen molar-refractivity contribution in [2.24, 2.45) is 0 Å². The number of benzene rings is 2. The molecule has 3 aromatic rings. The molecular formula is C21H19N3O4. The van der Waals surface area contributed by atoms with E-state index in [0.717, 1.165) is 5.69 Å². The molecule has 0 aliphatic heterocycles. The number of carbonyl (C=O) groups excluding carboxylic acids is 3. The minimum atomic E-state index is -0.852. The number of esters is 1. The van der Waals surface area contributed by atoms with Gasteiger partial charge in [-0.25, -0.2) is 9.48 Å². The number of rotatable bonds is 5. The highest BCUT2D eigenvalue weighted by atomic mass is 16.5. The van der Waals surface area contributed by atoms with Crippen LogP contribution in [0.15, 0.2) is 54.6 Å². The van der Waals surface area contributed by atoms with Crippen LogP contribution >= 0.6 is 0 Å². The highest BCUT2D eigenvalue weighted by Crippen LogP contribution is 2.20. The summed E-state index contributed by atoms with van der Waals surface area (Å²) in [5, 5.41) is 6.89. The number of methoxy groups -OCH3 is 1. The van der Waals surface area contributed by atoms with Crippen LogP contribution < -0.4 is 5.32 Å². The fourth-order valence-corrected chi connectivity index (χ4v) is 2.96. The summed E-state index contributed by atoms with van der Waals surface area (Å²) in [6.07, 6.45) is 0. The van der Waals surface area contributed by atoms with Gasteiger partial charge in [-0.3, -0.25) is 9.59 Å². The molecule has 1 heterocycles. The fourth-order valence-electron chi connectivity index (χ4n) is 2.96. The summed E-state index contributed by atoms with van der Waals surface area (Å²) in [6.45, 7) is 3.41. The van der Waals surface area contributed by atoms with Crippen LogP contribution in [-0.2, 0) is 9.53 Å². The highest BCUT2D eigenvalue weighted by Gasteiger charge is 2.26. The van der Waals surface area contributed by atoms with Crippen LogP contribution in [0.2, 0.25) is 0 Å². The van der Waals surface area contributed by atoms with Crippen molar-refractivity contribution in [1.82, 2.24) is 9.78 Å². The molecule has 7 nitrogen and oxygen atoms in total. The molecule has 0 bridgehead atoms. The van der Waals surface area contributed by atoms with E-state index in [4.69, 9.17) is 4.74 Å². The zero-order valence-corrected chi connectivity index (χ0v) is 15.7. The van der Waals surface area contributed by atoms with Gasteiger partial charge in [0.15, 0.2) is 0 Å². The van der Waals surface area contributed by atoms with Crippen LogP contribution in [0.3, 0.4) is 0 Å². The Bertz CT molecular complexity index is 1050. The topological polar surface area (TPSA) is 90.3 Å². The van der Waals surface area contributed by atoms with Crippen molar-refractivity contribution in [3.8, 4) is 5.69 Å². The second kappa shape index (κ2) is 7.87. The second-order valence-electron chi connectivity index (χ2n) is 6.11. The number of amides is 1. The van der Waals surface area contributed by atoms with Crippen molar-refractivity contribution in [3.05, 3.63) is 77.1 Å². The number of Topliss-reactive ketones (excluding diaryl/α,β-unsaturated/α-hetero) is 1. The Morgan fingerprint density at radius 2 is 1.61 bits per heavy atom. The predicted octanol–water partition coefficient (Wildman–Crippen LogP) is 3.10. The third kappa shape index (κ3) is 3.55. The number of aromatic nitrogens is 2. The summed E-state index contributed by atoms with van der Waals surface area (Å²) in [7, 11) is 1.25. The Labute approximate surface area is 161 Å². The van der Waals surface area contributed by atoms with Gasteiger partial charge in [0.05, 0.1) is 41.0 Å². The van der Waals surface area contributed by atoms with E-state index in [1.807, 2.05) is 30.3 Å². The number of hydrogen-bond acceptors (Lipinski definition) is 5. The molecule has 1 aromatic heterocycles. The number of anilines is 1. The van der Waals surface area contributed by atoms with Crippen molar-refractivity contribution >= 4 is 23.3 Å². The number of nitrogens with one attached hydrogen (secondary N) is 1. The average molecular weight is 377 g/mol. The van der Waals surface area contributed by atoms with Gasteiger partial charge in [0, 0.05) is 0 Å². The lowest BCUT2D eigenvalue weighted by atomic mass is 10.1. The molecule has 0 atom stereocenters. The number of ether oxygens (including phenoxy) is 1. The molecule has 142 valence electrons. The molecule has 3 rings (SSSR count). The van der Waals surface area contributed by atoms with Crippen molar-refractivity contribution in [2.45, 2.75) is 13.8 Å². The summed E-state index contributed by atoms with van der Waals surface area (Å²) in [4.78, 5) is 37.2. The number of para-hydroxylation sites is 2. The van der Waals surface area contributed by atoms with Crippen molar-refractivity contribution in [3.63, 3.8) is 0 Å². The molecule has 0 fully saturated rings. The Morgan fingerprint density at radius 1 is 0.964 bits per heavy atom. The largest absolute Gasteiger partial charge is 0.465 e. The number of nitrogens with zero attached hydrogens (tertiary/aromatic N) is 2. The Balaban J connectivity index is 1.91. The molecule has 0 saturated heterocycles. The lowest BCUT2D eigenvalue weighted by Crippen LogP contribution is -2.25. The molecule has 0 saturated carbocycles. The standard InChI is InChI=1S/C21H19N3O4/c1-13-18(14(2)24(23-13)15-9-5-4-6-10-15)19(25)20(26)22-17-12-8-7-11-16(17)21(27)28-3/h4-12H,1-3H3,(H,22,26). The van der Waals surface area contributed by atoms with Crippen LogP contribution in [0.25, 0.3) is 5.69 Å². The summed E-state index contributed by atoms with van der Waals surface area (Å²) in [5.41, 5.74) is 2.40. The molecule has 0 aliphatic carbocycles. The molecule has 0 aliphatic rings. The van der Waals surface area contributed by atoms with Gasteiger partial charge < -0.3 is 10.1 Å². The first-order valence-electron chi connectivity index (χ1n) is 8.58. The van der Waals surface area contributed by atoms with E-state index in [-0.39, 0.29) is 16.8 Å². The van der Waals surface area contributed by atoms with E-state index < -0.39 is 17.7 Å². The third-order valence-corrected chi connectivity index (χ3v) is 4.31. The first kappa shape index (κ1) is 19.0. The fraction of sp³-hybridized carbons (Fsp3) is 0.143. The van der Waals surface area contributed by atoms with Gasteiger partial charge in [-0.15, -0.1) is 0 Å². The highest BCUT2D eigenvalue weighted by molar-refractivity contribution is 6.47. The van der Waals surface area contributed by atoms with E-state index in [9.17, 15) is 14.4 Å². The third-order valence-electron chi connectivity index (χ3n) is 4.31. The molecular weight excluding hydrogens is 358 g/mol. The van der Waals surface area contributed by atoms with Gasteiger partial charge >= 0.3 is 5.97 Å². The predicted molar refractivity (Wildman–Crippen MR) is 104 cm³/mol. The molecule has 2 aromatic carbocycles. The van der Waals surface area contributed by atoms with E-state index in [2.05, 4.69) is 10.4 Å². The minimum absolute atomic E-state index is 0.166. The first-order valence-corrected chi connectivity index (χ1v) is 8.58. The molecule has 0 unspecified atom stereocenters. The maximum Gasteiger partial charge on any atom is 0.339 e. The smallest absolute Gasteiger partial charge is 0.339 e. The van der Waals surface area contributed by atoms with Gasteiger partial charge in [-0.2, -0.15) is 5.10 Å². The molecule has 1 N–H and O–H groups in total. The van der Waals surface area contributed by atoms with Crippen molar-refractivity contribution in [1.29, 1.82) is 0 Å². The van der Waals surface area contributed by atoms with E-state index in [1.165, 1.54) is 19.2 Å². The molecule has 1 amide bonds. The second-order valence-corrected chi connectivity index (χ2v) is 6.11. The maximum absolute atomic E-state index is 12.8. The summed E-state index contributed by atoms with van der Waals surface area (Å²) >= 11 is 0. The van der Waals surface area contributed by atoms with Crippen LogP contribution in [0.5, 0.6) is 0 Å². The lowest BCUT2D eigenvalue weighted by Gasteiger charge is -2.09. The average Bonchev–Trinajstić information content (AvgIpc) is 3.02. The normalized spacial score (nSPS) is 10.4. The van der Waals surface area contributed by atoms with Gasteiger partial charge in [-0.05, 0) is 38.1 Å². The van der Waals surface area contributed by atoms with Crippen molar-refractivity contribution < 1.29 is 19.1 Å². The van der Waals surface area contributed by atoms with Crippen LogP contribution in [-0.4, -0.2) is 34.6 Å². The van der Waals surface area contributed by atoms with Crippen LogP contribution in [0, 0.1) is 13.8 Å². The van der Waals surface area contributed by atoms with Crippen LogP contribution in [0.4, 0.5) is 5.69 Å². The molecule has 7 heteroatoms. The van der Waals surface area contributed by atoms with E-state index in [1.54, 1.807) is 30.7 Å². The summed E-state index contributed by atoms with van der Waals surface area (Å²) < 4.78 is 6.33. The van der Waals surface area contributed by atoms with Crippen molar-refractivity contribution in [2.75, 3.05) is 12.4 Å². The van der Waals surface area contributed by atoms with Gasteiger partial charge in [-0.1, -0.05) is 30.3 Å². The Morgan fingerprint density at radius 3 is 2.29 bits per heavy atom.